The molecule has 8 nitrogen and oxygen atoms in total. The van der Waals surface area contributed by atoms with Gasteiger partial charge in [-0.05, 0) is 37.8 Å². The van der Waals surface area contributed by atoms with E-state index in [9.17, 15) is 4.79 Å². The molecule has 0 aliphatic heterocycles. The number of amides is 1. The maximum Gasteiger partial charge on any atom is 0.272 e. The molecule has 1 aliphatic rings. The van der Waals surface area contributed by atoms with E-state index in [4.69, 9.17) is 4.74 Å². The van der Waals surface area contributed by atoms with Crippen LogP contribution in [0.5, 0.6) is 5.88 Å². The highest BCUT2D eigenvalue weighted by Gasteiger charge is 2.22. The topological polar surface area (TPSA) is 94.3 Å². The highest BCUT2D eigenvalue weighted by atomic mass is 16.5. The van der Waals surface area contributed by atoms with Gasteiger partial charge >= 0.3 is 0 Å². The molecule has 8 heteroatoms. The second-order valence-electron chi connectivity index (χ2n) is 6.18. The highest BCUT2D eigenvalue weighted by molar-refractivity contribution is 5.92. The van der Waals surface area contributed by atoms with E-state index >= 15 is 0 Å². The lowest BCUT2D eigenvalue weighted by Gasteiger charge is -2.12. The summed E-state index contributed by atoms with van der Waals surface area (Å²) in [5.74, 6) is 1.42. The van der Waals surface area contributed by atoms with Gasteiger partial charge in [-0.2, -0.15) is 0 Å². The number of carbonyl (C=O) groups is 1. The monoisotopic (exact) mass is 338 g/mol. The number of nitrogens with zero attached hydrogens (tertiary/aromatic N) is 5. The molecule has 1 fully saturated rings. The van der Waals surface area contributed by atoms with Gasteiger partial charge in [-0.25, -0.2) is 9.97 Å². The Morgan fingerprint density at radius 2 is 2.20 bits per heavy atom. The molecule has 1 N–H and O–H groups in total. The van der Waals surface area contributed by atoms with Crippen molar-refractivity contribution < 1.29 is 9.53 Å². The van der Waals surface area contributed by atoms with E-state index in [1.165, 1.54) is 25.2 Å². The molecular formula is C17H18N6O2. The molecule has 4 rings (SSSR count). The fourth-order valence-corrected chi connectivity index (χ4v) is 2.49. The van der Waals surface area contributed by atoms with Gasteiger partial charge in [0.1, 0.15) is 5.69 Å². The minimum absolute atomic E-state index is 0.236. The number of hydrogen-bond donors (Lipinski definition) is 1. The molecule has 0 saturated heterocycles. The average Bonchev–Trinajstić information content (AvgIpc) is 3.37. The maximum absolute atomic E-state index is 12.4. The quantitative estimate of drug-likeness (QED) is 0.736. The molecule has 1 amide bonds. The molecule has 1 unspecified atom stereocenters. The number of pyridine rings is 1. The third kappa shape index (κ3) is 3.42. The Kier molecular flexibility index (Phi) is 4.01. The molecule has 128 valence electrons. The average molecular weight is 338 g/mol. The van der Waals surface area contributed by atoms with E-state index in [1.54, 1.807) is 0 Å². The molecule has 0 spiro atoms. The molecule has 1 atom stereocenters. The van der Waals surface area contributed by atoms with Crippen LogP contribution in [-0.4, -0.2) is 37.1 Å². The van der Waals surface area contributed by atoms with E-state index in [-0.39, 0.29) is 17.6 Å². The summed E-state index contributed by atoms with van der Waals surface area (Å²) >= 11 is 0. The minimum atomic E-state index is -0.322. The van der Waals surface area contributed by atoms with Gasteiger partial charge < -0.3 is 10.1 Å². The van der Waals surface area contributed by atoms with Crippen molar-refractivity contribution in [1.29, 1.82) is 0 Å². The first kappa shape index (κ1) is 15.5. The zero-order valence-corrected chi connectivity index (χ0v) is 13.8. The summed E-state index contributed by atoms with van der Waals surface area (Å²) in [6.07, 6.45) is 7.19. The number of fused-ring (bicyclic) bond motifs is 1. The van der Waals surface area contributed by atoms with Crippen LogP contribution >= 0.6 is 0 Å². The highest BCUT2D eigenvalue weighted by Crippen LogP contribution is 2.29. The summed E-state index contributed by atoms with van der Waals surface area (Å²) in [4.78, 5) is 20.6. The van der Waals surface area contributed by atoms with Crippen molar-refractivity contribution in [3.8, 4) is 5.88 Å². The Labute approximate surface area is 144 Å². The molecule has 3 heterocycles. The van der Waals surface area contributed by atoms with Gasteiger partial charge in [0.25, 0.3) is 5.91 Å². The third-order valence-corrected chi connectivity index (χ3v) is 4.10. The van der Waals surface area contributed by atoms with Gasteiger partial charge in [0.15, 0.2) is 11.5 Å². The van der Waals surface area contributed by atoms with Crippen molar-refractivity contribution in [3.05, 3.63) is 48.3 Å². The molecule has 1 saturated carbocycles. The molecular weight excluding hydrogens is 320 g/mol. The first-order valence-electron chi connectivity index (χ1n) is 8.26. The second kappa shape index (κ2) is 6.46. The second-order valence-corrected chi connectivity index (χ2v) is 6.18. The summed E-state index contributed by atoms with van der Waals surface area (Å²) in [6.45, 7) is 2.51. The van der Waals surface area contributed by atoms with E-state index in [0.29, 0.717) is 24.2 Å². The molecule has 3 aromatic rings. The molecule has 0 bridgehead atoms. The Morgan fingerprint density at radius 3 is 2.96 bits per heavy atom. The summed E-state index contributed by atoms with van der Waals surface area (Å²) < 4.78 is 7.36. The summed E-state index contributed by atoms with van der Waals surface area (Å²) in [7, 11) is 0. The fraction of sp³-hybridized carbons (Fsp3) is 0.353. The SMILES string of the molecule is CC(NC(=O)c1cnc(OCC2CC2)cn1)c1nnc2ccccn12. The molecule has 0 radical (unpaired) electrons. The van der Waals surface area contributed by atoms with Gasteiger partial charge in [-0.15, -0.1) is 10.2 Å². The van der Waals surface area contributed by atoms with Crippen LogP contribution in [0, 0.1) is 5.92 Å². The van der Waals surface area contributed by atoms with E-state index in [0.717, 1.165) is 5.65 Å². The van der Waals surface area contributed by atoms with Crippen LogP contribution < -0.4 is 10.1 Å². The smallest absolute Gasteiger partial charge is 0.272 e. The van der Waals surface area contributed by atoms with Crippen molar-refractivity contribution in [3.63, 3.8) is 0 Å². The third-order valence-electron chi connectivity index (χ3n) is 4.10. The van der Waals surface area contributed by atoms with Crippen molar-refractivity contribution in [2.24, 2.45) is 5.92 Å². The summed E-state index contributed by atoms with van der Waals surface area (Å²) in [6, 6.07) is 5.31. The molecule has 0 aromatic carbocycles. The Balaban J connectivity index is 1.42. The number of ether oxygens (including phenoxy) is 1. The lowest BCUT2D eigenvalue weighted by Crippen LogP contribution is -2.28. The summed E-state index contributed by atoms with van der Waals surface area (Å²) in [5.41, 5.74) is 0.968. The largest absolute Gasteiger partial charge is 0.476 e. The van der Waals surface area contributed by atoms with Crippen molar-refractivity contribution in [2.75, 3.05) is 6.61 Å². The van der Waals surface area contributed by atoms with Crippen molar-refractivity contribution in [2.45, 2.75) is 25.8 Å². The molecule has 3 aromatic heterocycles. The van der Waals surface area contributed by atoms with Gasteiger partial charge in [-0.1, -0.05) is 6.07 Å². The predicted molar refractivity (Wildman–Crippen MR) is 89.1 cm³/mol. The lowest BCUT2D eigenvalue weighted by atomic mass is 10.3. The van der Waals surface area contributed by atoms with Crippen molar-refractivity contribution in [1.82, 2.24) is 29.9 Å². The lowest BCUT2D eigenvalue weighted by molar-refractivity contribution is 0.0932. The predicted octanol–water partition coefficient (Wildman–Crippen LogP) is 1.80. The zero-order chi connectivity index (χ0) is 17.2. The van der Waals surface area contributed by atoms with Crippen LogP contribution in [0.15, 0.2) is 36.8 Å². The number of rotatable bonds is 6. The van der Waals surface area contributed by atoms with Crippen LogP contribution in [-0.2, 0) is 0 Å². The van der Waals surface area contributed by atoms with Crippen LogP contribution in [0.3, 0.4) is 0 Å². The molecule has 25 heavy (non-hydrogen) atoms. The number of nitrogens with one attached hydrogen (secondary N) is 1. The zero-order valence-electron chi connectivity index (χ0n) is 13.8. The van der Waals surface area contributed by atoms with Crippen LogP contribution in [0.25, 0.3) is 5.65 Å². The number of hydrogen-bond acceptors (Lipinski definition) is 6. The van der Waals surface area contributed by atoms with Gasteiger partial charge in [-0.3, -0.25) is 9.20 Å². The standard InChI is InChI=1S/C17H18N6O2/c1-11(16-22-21-14-4-2-3-7-23(14)16)20-17(24)13-8-19-15(9-18-13)25-10-12-5-6-12/h2-4,7-9,11-12H,5-6,10H2,1H3,(H,20,24). The Morgan fingerprint density at radius 1 is 1.32 bits per heavy atom. The summed E-state index contributed by atoms with van der Waals surface area (Å²) in [5, 5.41) is 11.1. The van der Waals surface area contributed by atoms with Crippen LogP contribution in [0.4, 0.5) is 0 Å². The Hall–Kier alpha value is -3.03. The van der Waals surface area contributed by atoms with E-state index < -0.39 is 0 Å². The first-order chi connectivity index (χ1) is 12.2. The van der Waals surface area contributed by atoms with Crippen LogP contribution in [0.1, 0.15) is 42.1 Å². The van der Waals surface area contributed by atoms with Crippen molar-refractivity contribution >= 4 is 11.6 Å². The first-order valence-corrected chi connectivity index (χ1v) is 8.26. The van der Waals surface area contributed by atoms with Gasteiger partial charge in [0.05, 0.1) is 25.0 Å². The fourth-order valence-electron chi connectivity index (χ4n) is 2.49. The van der Waals surface area contributed by atoms with E-state index in [1.807, 2.05) is 35.7 Å². The molecule has 1 aliphatic carbocycles. The van der Waals surface area contributed by atoms with Gasteiger partial charge in [0.2, 0.25) is 5.88 Å². The maximum atomic E-state index is 12.4. The number of carbonyl (C=O) groups excluding carboxylic acids is 1. The van der Waals surface area contributed by atoms with Gasteiger partial charge in [0, 0.05) is 6.20 Å². The Bertz CT molecular complexity index is 888. The van der Waals surface area contributed by atoms with E-state index in [2.05, 4.69) is 25.5 Å². The number of aromatic nitrogens is 5. The minimum Gasteiger partial charge on any atom is -0.476 e. The van der Waals surface area contributed by atoms with Crippen LogP contribution in [0.2, 0.25) is 0 Å². The normalized spacial score (nSPS) is 15.1.